The van der Waals surface area contributed by atoms with E-state index >= 15 is 0 Å². The normalized spacial score (nSPS) is 11.2. The topological polar surface area (TPSA) is 41.1 Å². The Morgan fingerprint density at radius 3 is 2.30 bits per heavy atom. The first-order valence-corrected chi connectivity index (χ1v) is 6.91. The van der Waals surface area contributed by atoms with Gasteiger partial charge in [0.1, 0.15) is 0 Å². The van der Waals surface area contributed by atoms with Crippen LogP contribution >= 0.6 is 0 Å². The summed E-state index contributed by atoms with van der Waals surface area (Å²) in [7, 11) is 0. The Morgan fingerprint density at radius 2 is 1.85 bits per heavy atom. The van der Waals surface area contributed by atoms with E-state index in [2.05, 4.69) is 49.2 Å². The van der Waals surface area contributed by atoms with E-state index < -0.39 is 0 Å². The zero-order valence-electron chi connectivity index (χ0n) is 13.1. The van der Waals surface area contributed by atoms with E-state index in [0.717, 1.165) is 23.8 Å². The number of nitrogens with one attached hydrogen (secondary N) is 1. The van der Waals surface area contributed by atoms with Crippen LogP contribution in [0.4, 0.5) is 5.95 Å². The molecule has 0 spiro atoms. The minimum atomic E-state index is 0.0861. The minimum Gasteiger partial charge on any atom is -0.333 e. The van der Waals surface area contributed by atoms with E-state index in [1.165, 1.54) is 0 Å². The van der Waals surface area contributed by atoms with Crippen molar-refractivity contribution < 1.29 is 0 Å². The summed E-state index contributed by atoms with van der Waals surface area (Å²) in [5, 5.41) is 3.45. The fraction of sp³-hybridized carbons (Fsp3) is 0.500. The van der Waals surface area contributed by atoms with Gasteiger partial charge in [-0.25, -0.2) is 9.97 Å². The standard InChI is InChI=1S/C16H26N4/c1-7-9-20(10-8-2)15-17-11-14(13(3)19-15)12-18-16(4,5)6/h7-8,11,18H,1-2,9-10,12H2,3-6H3. The van der Waals surface area contributed by atoms with E-state index in [1.807, 2.05) is 30.2 Å². The predicted octanol–water partition coefficient (Wildman–Crippen LogP) is 2.85. The minimum absolute atomic E-state index is 0.0861. The third-order valence-electron chi connectivity index (χ3n) is 2.86. The Morgan fingerprint density at radius 1 is 1.25 bits per heavy atom. The van der Waals surface area contributed by atoms with Crippen LogP contribution in [0.3, 0.4) is 0 Å². The molecule has 110 valence electrons. The largest absolute Gasteiger partial charge is 0.333 e. The summed E-state index contributed by atoms with van der Waals surface area (Å²) in [6.45, 7) is 18.2. The summed E-state index contributed by atoms with van der Waals surface area (Å²) in [5.74, 6) is 0.724. The number of hydrogen-bond donors (Lipinski definition) is 1. The molecule has 1 rings (SSSR count). The molecule has 0 bridgehead atoms. The van der Waals surface area contributed by atoms with Gasteiger partial charge in [-0.05, 0) is 27.7 Å². The molecule has 1 aromatic rings. The van der Waals surface area contributed by atoms with Crippen LogP contribution in [0, 0.1) is 6.92 Å². The Labute approximate surface area is 122 Å². The smallest absolute Gasteiger partial charge is 0.226 e. The van der Waals surface area contributed by atoms with Gasteiger partial charge in [0.2, 0.25) is 5.95 Å². The first kappa shape index (κ1) is 16.4. The second-order valence-corrected chi connectivity index (χ2v) is 5.87. The molecule has 20 heavy (non-hydrogen) atoms. The highest BCUT2D eigenvalue weighted by Gasteiger charge is 2.12. The molecule has 0 fully saturated rings. The van der Waals surface area contributed by atoms with Crippen molar-refractivity contribution in [3.8, 4) is 0 Å². The summed E-state index contributed by atoms with van der Waals surface area (Å²) in [6.07, 6.45) is 5.59. The molecule has 0 aromatic carbocycles. The zero-order valence-corrected chi connectivity index (χ0v) is 13.1. The van der Waals surface area contributed by atoms with Gasteiger partial charge in [-0.1, -0.05) is 12.2 Å². The lowest BCUT2D eigenvalue weighted by Gasteiger charge is -2.22. The van der Waals surface area contributed by atoms with Crippen molar-refractivity contribution in [1.29, 1.82) is 0 Å². The van der Waals surface area contributed by atoms with Crippen LogP contribution < -0.4 is 10.2 Å². The molecular formula is C16H26N4. The number of rotatable bonds is 7. The second-order valence-electron chi connectivity index (χ2n) is 5.87. The van der Waals surface area contributed by atoms with Crippen LogP contribution in [-0.4, -0.2) is 28.6 Å². The number of hydrogen-bond acceptors (Lipinski definition) is 4. The molecule has 0 unspecified atom stereocenters. The van der Waals surface area contributed by atoms with Crippen LogP contribution in [0.2, 0.25) is 0 Å². The fourth-order valence-electron chi connectivity index (χ4n) is 1.72. The second kappa shape index (κ2) is 7.20. The van der Waals surface area contributed by atoms with Gasteiger partial charge in [0, 0.05) is 42.6 Å². The molecule has 0 aliphatic rings. The van der Waals surface area contributed by atoms with E-state index in [0.29, 0.717) is 13.1 Å². The van der Waals surface area contributed by atoms with Crippen molar-refractivity contribution in [2.24, 2.45) is 0 Å². The van der Waals surface area contributed by atoms with Crippen molar-refractivity contribution >= 4 is 5.95 Å². The number of anilines is 1. The molecule has 0 atom stereocenters. The molecule has 0 saturated heterocycles. The maximum atomic E-state index is 4.59. The number of aryl methyl sites for hydroxylation is 1. The average molecular weight is 274 g/mol. The van der Waals surface area contributed by atoms with E-state index in [1.54, 1.807) is 0 Å². The highest BCUT2D eigenvalue weighted by Crippen LogP contribution is 2.12. The molecule has 0 radical (unpaired) electrons. The predicted molar refractivity (Wildman–Crippen MR) is 86.0 cm³/mol. The number of nitrogens with zero attached hydrogens (tertiary/aromatic N) is 3. The van der Waals surface area contributed by atoms with Crippen molar-refractivity contribution in [2.45, 2.75) is 39.8 Å². The molecule has 0 amide bonds. The third kappa shape index (κ3) is 5.13. The fourth-order valence-corrected chi connectivity index (χ4v) is 1.72. The molecule has 0 saturated carbocycles. The van der Waals surface area contributed by atoms with Crippen molar-refractivity contribution in [2.75, 3.05) is 18.0 Å². The molecule has 4 nitrogen and oxygen atoms in total. The SMILES string of the molecule is C=CCN(CC=C)c1ncc(CNC(C)(C)C)c(C)n1. The molecule has 4 heteroatoms. The summed E-state index contributed by atoms with van der Waals surface area (Å²) >= 11 is 0. The van der Waals surface area contributed by atoms with E-state index in [9.17, 15) is 0 Å². The van der Waals surface area contributed by atoms with Crippen LogP contribution in [0.15, 0.2) is 31.5 Å². The highest BCUT2D eigenvalue weighted by atomic mass is 15.2. The van der Waals surface area contributed by atoms with Gasteiger partial charge in [0.05, 0.1) is 0 Å². The first-order valence-electron chi connectivity index (χ1n) is 6.91. The molecule has 1 N–H and O–H groups in total. The van der Waals surface area contributed by atoms with Crippen molar-refractivity contribution in [1.82, 2.24) is 15.3 Å². The Kier molecular flexibility index (Phi) is 5.89. The van der Waals surface area contributed by atoms with Gasteiger partial charge in [0.25, 0.3) is 0 Å². The Hall–Kier alpha value is -1.68. The van der Waals surface area contributed by atoms with Crippen molar-refractivity contribution in [3.63, 3.8) is 0 Å². The summed E-state index contributed by atoms with van der Waals surface area (Å²) in [5.41, 5.74) is 2.22. The maximum absolute atomic E-state index is 4.59. The van der Waals surface area contributed by atoms with Gasteiger partial charge < -0.3 is 10.2 Å². The van der Waals surface area contributed by atoms with Crippen molar-refractivity contribution in [3.05, 3.63) is 42.8 Å². The molecule has 0 aliphatic carbocycles. The Bertz CT molecular complexity index is 450. The number of aromatic nitrogens is 2. The maximum Gasteiger partial charge on any atom is 0.226 e. The molecular weight excluding hydrogens is 248 g/mol. The highest BCUT2D eigenvalue weighted by molar-refractivity contribution is 5.34. The molecule has 1 heterocycles. The quantitative estimate of drug-likeness (QED) is 0.776. The lowest BCUT2D eigenvalue weighted by Crippen LogP contribution is -2.35. The van der Waals surface area contributed by atoms with E-state index in [-0.39, 0.29) is 5.54 Å². The van der Waals surface area contributed by atoms with Crippen LogP contribution in [-0.2, 0) is 6.54 Å². The van der Waals surface area contributed by atoms with Gasteiger partial charge in [-0.15, -0.1) is 13.2 Å². The van der Waals surface area contributed by atoms with Gasteiger partial charge in [-0.2, -0.15) is 0 Å². The molecule has 0 aliphatic heterocycles. The lowest BCUT2D eigenvalue weighted by atomic mass is 10.1. The van der Waals surface area contributed by atoms with Gasteiger partial charge >= 0.3 is 0 Å². The summed E-state index contributed by atoms with van der Waals surface area (Å²) in [6, 6.07) is 0. The zero-order chi connectivity index (χ0) is 15.2. The van der Waals surface area contributed by atoms with Crippen LogP contribution in [0.5, 0.6) is 0 Å². The Balaban J connectivity index is 2.85. The first-order chi connectivity index (χ1) is 9.37. The third-order valence-corrected chi connectivity index (χ3v) is 2.86. The van der Waals surface area contributed by atoms with Gasteiger partial charge in [0.15, 0.2) is 0 Å². The summed E-state index contributed by atoms with van der Waals surface area (Å²) < 4.78 is 0. The van der Waals surface area contributed by atoms with Gasteiger partial charge in [-0.3, -0.25) is 0 Å². The van der Waals surface area contributed by atoms with E-state index in [4.69, 9.17) is 0 Å². The van der Waals surface area contributed by atoms with Crippen LogP contribution in [0.25, 0.3) is 0 Å². The lowest BCUT2D eigenvalue weighted by molar-refractivity contribution is 0.423. The molecule has 1 aromatic heterocycles. The summed E-state index contributed by atoms with van der Waals surface area (Å²) in [4.78, 5) is 11.1. The average Bonchev–Trinajstić information content (AvgIpc) is 2.36. The van der Waals surface area contributed by atoms with Crippen LogP contribution in [0.1, 0.15) is 32.0 Å². The monoisotopic (exact) mass is 274 g/mol.